The quantitative estimate of drug-likeness (QED) is 0.644. The number of nitrogens with zero attached hydrogens (tertiary/aromatic N) is 2. The first-order valence-electron chi connectivity index (χ1n) is 7.49. The number of hydrogen-bond acceptors (Lipinski definition) is 5. The number of carbonyl (C=O) groups excluding carboxylic acids is 1. The van der Waals surface area contributed by atoms with Crippen molar-refractivity contribution in [3.63, 3.8) is 0 Å². The number of halogens is 2. The van der Waals surface area contributed by atoms with Gasteiger partial charge in [-0.15, -0.1) is 5.10 Å². The van der Waals surface area contributed by atoms with E-state index in [1.54, 1.807) is 19.2 Å². The zero-order chi connectivity index (χ0) is 18.5. The number of thioether (sulfide) groups is 1. The standard InChI is InChI=1S/C17H14F2N4O2S/c1-25-12-5-2-10(3-6-12)16-21-17(23-22-16)26-9-15(24)20-11-4-7-13(18)14(19)8-11/h2-8H,9H2,1H3,(H,20,24)(H,21,22,23). The molecule has 2 N–H and O–H groups in total. The average Bonchev–Trinajstić information content (AvgIpc) is 3.12. The molecule has 26 heavy (non-hydrogen) atoms. The summed E-state index contributed by atoms with van der Waals surface area (Å²) >= 11 is 1.12. The van der Waals surface area contributed by atoms with Crippen LogP contribution in [0.5, 0.6) is 5.75 Å². The molecule has 0 fully saturated rings. The van der Waals surface area contributed by atoms with Crippen LogP contribution in [0, 0.1) is 11.6 Å². The van der Waals surface area contributed by atoms with Gasteiger partial charge in [-0.1, -0.05) is 11.8 Å². The maximum atomic E-state index is 13.1. The molecule has 0 unspecified atom stereocenters. The monoisotopic (exact) mass is 376 g/mol. The zero-order valence-electron chi connectivity index (χ0n) is 13.6. The minimum Gasteiger partial charge on any atom is -0.497 e. The van der Waals surface area contributed by atoms with Crippen LogP contribution in [0.15, 0.2) is 47.6 Å². The largest absolute Gasteiger partial charge is 0.497 e. The first kappa shape index (κ1) is 17.9. The lowest BCUT2D eigenvalue weighted by atomic mass is 10.2. The highest BCUT2D eigenvalue weighted by atomic mass is 32.2. The molecule has 1 amide bonds. The SMILES string of the molecule is COc1ccc(-c2nc(SCC(=O)Nc3ccc(F)c(F)c3)n[nH]2)cc1. The Bertz CT molecular complexity index is 915. The van der Waals surface area contributed by atoms with Gasteiger partial charge in [-0.2, -0.15) is 0 Å². The first-order valence-corrected chi connectivity index (χ1v) is 8.48. The van der Waals surface area contributed by atoms with Gasteiger partial charge in [0.25, 0.3) is 0 Å². The number of hydrogen-bond donors (Lipinski definition) is 2. The Morgan fingerprint density at radius 2 is 1.96 bits per heavy atom. The van der Waals surface area contributed by atoms with Crippen LogP contribution in [-0.2, 0) is 4.79 Å². The number of anilines is 1. The van der Waals surface area contributed by atoms with Gasteiger partial charge in [0.15, 0.2) is 17.5 Å². The number of benzene rings is 2. The molecule has 1 heterocycles. The van der Waals surface area contributed by atoms with E-state index in [0.717, 1.165) is 35.2 Å². The summed E-state index contributed by atoms with van der Waals surface area (Å²) in [6, 6.07) is 10.4. The zero-order valence-corrected chi connectivity index (χ0v) is 14.4. The first-order chi connectivity index (χ1) is 12.5. The summed E-state index contributed by atoms with van der Waals surface area (Å²) in [6.45, 7) is 0. The van der Waals surface area contributed by atoms with Crippen LogP contribution in [0.25, 0.3) is 11.4 Å². The number of carbonyl (C=O) groups is 1. The van der Waals surface area contributed by atoms with E-state index in [9.17, 15) is 13.6 Å². The van der Waals surface area contributed by atoms with E-state index in [4.69, 9.17) is 4.74 Å². The second-order valence-corrected chi connectivity index (χ2v) is 6.10. The van der Waals surface area contributed by atoms with Crippen molar-refractivity contribution in [2.75, 3.05) is 18.2 Å². The molecule has 0 radical (unpaired) electrons. The highest BCUT2D eigenvalue weighted by Gasteiger charge is 2.10. The lowest BCUT2D eigenvalue weighted by molar-refractivity contribution is -0.113. The highest BCUT2D eigenvalue weighted by Crippen LogP contribution is 2.22. The summed E-state index contributed by atoms with van der Waals surface area (Å²) in [6.07, 6.45) is 0. The molecule has 3 rings (SSSR count). The Morgan fingerprint density at radius 1 is 1.19 bits per heavy atom. The van der Waals surface area contributed by atoms with E-state index >= 15 is 0 Å². The Morgan fingerprint density at radius 3 is 2.65 bits per heavy atom. The van der Waals surface area contributed by atoms with Crippen molar-refractivity contribution in [1.82, 2.24) is 15.2 Å². The highest BCUT2D eigenvalue weighted by molar-refractivity contribution is 7.99. The summed E-state index contributed by atoms with van der Waals surface area (Å²) in [7, 11) is 1.59. The summed E-state index contributed by atoms with van der Waals surface area (Å²) in [5.41, 5.74) is 1.01. The molecular formula is C17H14F2N4O2S. The third-order valence-corrected chi connectivity index (χ3v) is 4.21. The average molecular weight is 376 g/mol. The molecule has 1 aromatic heterocycles. The smallest absolute Gasteiger partial charge is 0.234 e. The van der Waals surface area contributed by atoms with Crippen molar-refractivity contribution in [2.45, 2.75) is 5.16 Å². The van der Waals surface area contributed by atoms with Gasteiger partial charge in [-0.05, 0) is 36.4 Å². The van der Waals surface area contributed by atoms with E-state index in [-0.39, 0.29) is 17.3 Å². The number of rotatable bonds is 6. The van der Waals surface area contributed by atoms with Crippen LogP contribution >= 0.6 is 11.8 Å². The second-order valence-electron chi connectivity index (χ2n) is 5.16. The van der Waals surface area contributed by atoms with Crippen LogP contribution in [0.1, 0.15) is 0 Å². The molecule has 2 aromatic carbocycles. The number of methoxy groups -OCH3 is 1. The molecule has 0 atom stereocenters. The molecule has 3 aromatic rings. The van der Waals surface area contributed by atoms with Crippen molar-refractivity contribution in [1.29, 1.82) is 0 Å². The molecular weight excluding hydrogens is 362 g/mol. The number of aromatic amines is 1. The van der Waals surface area contributed by atoms with Gasteiger partial charge < -0.3 is 10.1 Å². The lowest BCUT2D eigenvalue weighted by Crippen LogP contribution is -2.14. The minimum atomic E-state index is -1.02. The van der Waals surface area contributed by atoms with Crippen molar-refractivity contribution < 1.29 is 18.3 Å². The lowest BCUT2D eigenvalue weighted by Gasteiger charge is -2.04. The molecule has 0 saturated heterocycles. The molecule has 0 saturated carbocycles. The number of nitrogens with one attached hydrogen (secondary N) is 2. The summed E-state index contributed by atoms with van der Waals surface area (Å²) in [5, 5.41) is 9.73. The van der Waals surface area contributed by atoms with Gasteiger partial charge in [-0.3, -0.25) is 9.89 Å². The molecule has 134 valence electrons. The van der Waals surface area contributed by atoms with Crippen LogP contribution < -0.4 is 10.1 Å². The van der Waals surface area contributed by atoms with E-state index in [1.165, 1.54) is 6.07 Å². The third kappa shape index (κ3) is 4.37. The van der Waals surface area contributed by atoms with Crippen LogP contribution in [0.2, 0.25) is 0 Å². The maximum Gasteiger partial charge on any atom is 0.234 e. The van der Waals surface area contributed by atoms with E-state index in [1.807, 2.05) is 12.1 Å². The van der Waals surface area contributed by atoms with Crippen LogP contribution in [0.4, 0.5) is 14.5 Å². The van der Waals surface area contributed by atoms with Crippen LogP contribution in [-0.4, -0.2) is 34.0 Å². The fourth-order valence-electron chi connectivity index (χ4n) is 2.09. The molecule has 0 aliphatic rings. The molecule has 0 aliphatic heterocycles. The topological polar surface area (TPSA) is 79.9 Å². The van der Waals surface area contributed by atoms with Crippen molar-refractivity contribution in [2.24, 2.45) is 0 Å². The summed E-state index contributed by atoms with van der Waals surface area (Å²) in [5.74, 6) is -1.04. The van der Waals surface area contributed by atoms with Crippen molar-refractivity contribution in [3.05, 3.63) is 54.1 Å². The van der Waals surface area contributed by atoms with Gasteiger partial charge in [0.2, 0.25) is 11.1 Å². The third-order valence-electron chi connectivity index (χ3n) is 3.36. The fourth-order valence-corrected chi connectivity index (χ4v) is 2.69. The van der Waals surface area contributed by atoms with Gasteiger partial charge >= 0.3 is 0 Å². The predicted molar refractivity (Wildman–Crippen MR) is 94.1 cm³/mol. The molecule has 9 heteroatoms. The van der Waals surface area contributed by atoms with Crippen molar-refractivity contribution >= 4 is 23.4 Å². The second kappa shape index (κ2) is 7.96. The predicted octanol–water partition coefficient (Wildman–Crippen LogP) is 3.49. The van der Waals surface area contributed by atoms with E-state index < -0.39 is 11.6 Å². The number of amides is 1. The maximum absolute atomic E-state index is 13.1. The Kier molecular flexibility index (Phi) is 5.47. The number of H-pyrrole nitrogens is 1. The molecule has 6 nitrogen and oxygen atoms in total. The van der Waals surface area contributed by atoms with Gasteiger partial charge in [0.05, 0.1) is 12.9 Å². The Labute approximate surface area is 152 Å². The van der Waals surface area contributed by atoms with Crippen molar-refractivity contribution in [3.8, 4) is 17.1 Å². The molecule has 0 aliphatic carbocycles. The number of ether oxygens (including phenoxy) is 1. The Balaban J connectivity index is 1.56. The molecule has 0 bridgehead atoms. The van der Waals surface area contributed by atoms with E-state index in [2.05, 4.69) is 20.5 Å². The number of aromatic nitrogens is 3. The fraction of sp³-hybridized carbons (Fsp3) is 0.118. The van der Waals surface area contributed by atoms with Gasteiger partial charge in [-0.25, -0.2) is 13.8 Å². The van der Waals surface area contributed by atoms with E-state index in [0.29, 0.717) is 11.0 Å². The van der Waals surface area contributed by atoms with Crippen LogP contribution in [0.3, 0.4) is 0 Å². The Hall–Kier alpha value is -2.94. The van der Waals surface area contributed by atoms with Gasteiger partial charge in [0.1, 0.15) is 5.75 Å². The minimum absolute atomic E-state index is 0.0267. The van der Waals surface area contributed by atoms with Gasteiger partial charge in [0, 0.05) is 17.3 Å². The molecule has 0 spiro atoms. The summed E-state index contributed by atoms with van der Waals surface area (Å²) in [4.78, 5) is 16.2. The summed E-state index contributed by atoms with van der Waals surface area (Å²) < 4.78 is 31.1. The normalized spacial score (nSPS) is 10.6.